The molecular formula is C13H27NO2S. The van der Waals surface area contributed by atoms with Gasteiger partial charge < -0.3 is 5.32 Å². The van der Waals surface area contributed by atoms with Crippen molar-refractivity contribution in [3.63, 3.8) is 0 Å². The molecule has 0 aromatic rings. The van der Waals surface area contributed by atoms with Crippen molar-refractivity contribution in [1.82, 2.24) is 5.32 Å². The Morgan fingerprint density at radius 1 is 1.24 bits per heavy atom. The first-order valence-corrected chi connectivity index (χ1v) is 8.33. The lowest BCUT2D eigenvalue weighted by Gasteiger charge is -2.30. The highest BCUT2D eigenvalue weighted by molar-refractivity contribution is 7.92. The van der Waals surface area contributed by atoms with Crippen LogP contribution >= 0.6 is 0 Å². The summed E-state index contributed by atoms with van der Waals surface area (Å²) in [4.78, 5) is 0. The first-order valence-electron chi connectivity index (χ1n) is 6.73. The molecule has 1 aliphatic heterocycles. The summed E-state index contributed by atoms with van der Waals surface area (Å²) < 4.78 is 25.1. The fourth-order valence-electron chi connectivity index (χ4n) is 2.82. The van der Waals surface area contributed by atoms with Gasteiger partial charge in [-0.1, -0.05) is 27.7 Å². The Morgan fingerprint density at radius 3 is 2.29 bits per heavy atom. The lowest BCUT2D eigenvalue weighted by Crippen LogP contribution is -2.47. The first-order chi connectivity index (χ1) is 7.76. The highest BCUT2D eigenvalue weighted by Gasteiger charge is 2.41. The van der Waals surface area contributed by atoms with Crippen molar-refractivity contribution in [2.45, 2.75) is 64.0 Å². The molecule has 0 aromatic heterocycles. The van der Waals surface area contributed by atoms with Crippen LogP contribution in [0.2, 0.25) is 0 Å². The van der Waals surface area contributed by atoms with Crippen LogP contribution < -0.4 is 5.32 Å². The van der Waals surface area contributed by atoms with Gasteiger partial charge in [-0.15, -0.1) is 0 Å². The predicted octanol–water partition coefficient (Wildman–Crippen LogP) is 2.22. The van der Waals surface area contributed by atoms with Gasteiger partial charge in [0.05, 0.1) is 10.5 Å². The minimum Gasteiger partial charge on any atom is -0.313 e. The van der Waals surface area contributed by atoms with Gasteiger partial charge in [0.25, 0.3) is 0 Å². The molecule has 102 valence electrons. The highest BCUT2D eigenvalue weighted by atomic mass is 32.2. The van der Waals surface area contributed by atoms with Gasteiger partial charge in [0.15, 0.2) is 9.84 Å². The van der Waals surface area contributed by atoms with Crippen molar-refractivity contribution in [1.29, 1.82) is 0 Å². The Labute approximate surface area is 106 Å². The molecule has 1 fully saturated rings. The van der Waals surface area contributed by atoms with E-state index in [4.69, 9.17) is 0 Å². The van der Waals surface area contributed by atoms with Crippen LogP contribution in [0.15, 0.2) is 0 Å². The standard InChI is InChI=1S/C13H27NO2S/c1-9(2)8-12-13(10(3)4)17(15,16)11(5)6-7-14-12/h9-14H,6-8H2,1-5H3. The molecule has 3 unspecified atom stereocenters. The lowest BCUT2D eigenvalue weighted by molar-refractivity contribution is 0.367. The van der Waals surface area contributed by atoms with E-state index >= 15 is 0 Å². The first kappa shape index (κ1) is 15.0. The number of sulfone groups is 1. The maximum absolute atomic E-state index is 12.5. The summed E-state index contributed by atoms with van der Waals surface area (Å²) in [6.45, 7) is 11.0. The molecule has 1 heterocycles. The SMILES string of the molecule is CC(C)CC1NCCC(C)S(=O)(=O)C1C(C)C. The molecule has 1 aliphatic rings. The third-order valence-corrected chi connectivity index (χ3v) is 6.67. The summed E-state index contributed by atoms with van der Waals surface area (Å²) in [6, 6.07) is 0.116. The zero-order chi connectivity index (χ0) is 13.2. The van der Waals surface area contributed by atoms with E-state index in [2.05, 4.69) is 19.2 Å². The second kappa shape index (κ2) is 5.70. The van der Waals surface area contributed by atoms with Gasteiger partial charge in [-0.2, -0.15) is 0 Å². The Balaban J connectivity index is 3.04. The van der Waals surface area contributed by atoms with E-state index in [0.29, 0.717) is 5.92 Å². The van der Waals surface area contributed by atoms with Crippen molar-refractivity contribution >= 4 is 9.84 Å². The molecule has 0 aliphatic carbocycles. The molecule has 17 heavy (non-hydrogen) atoms. The molecule has 0 spiro atoms. The van der Waals surface area contributed by atoms with Crippen LogP contribution in [0.5, 0.6) is 0 Å². The highest BCUT2D eigenvalue weighted by Crippen LogP contribution is 2.27. The molecule has 0 radical (unpaired) electrons. The van der Waals surface area contributed by atoms with Crippen LogP contribution in [0.1, 0.15) is 47.5 Å². The molecule has 1 saturated heterocycles. The number of rotatable bonds is 3. The summed E-state index contributed by atoms with van der Waals surface area (Å²) >= 11 is 0. The summed E-state index contributed by atoms with van der Waals surface area (Å²) in [5, 5.41) is 3.01. The van der Waals surface area contributed by atoms with Crippen LogP contribution in [0.3, 0.4) is 0 Å². The van der Waals surface area contributed by atoms with Gasteiger partial charge in [-0.3, -0.25) is 0 Å². The Hall–Kier alpha value is -0.0900. The molecule has 0 amide bonds. The molecule has 0 aromatic carbocycles. The maximum atomic E-state index is 12.5. The maximum Gasteiger partial charge on any atom is 0.157 e. The van der Waals surface area contributed by atoms with E-state index in [1.807, 2.05) is 20.8 Å². The lowest BCUT2D eigenvalue weighted by atomic mass is 9.95. The quantitative estimate of drug-likeness (QED) is 0.847. The van der Waals surface area contributed by atoms with Gasteiger partial charge in [0, 0.05) is 6.04 Å². The molecule has 4 heteroatoms. The molecule has 1 rings (SSSR count). The predicted molar refractivity (Wildman–Crippen MR) is 72.9 cm³/mol. The van der Waals surface area contributed by atoms with Crippen LogP contribution in [0.4, 0.5) is 0 Å². The van der Waals surface area contributed by atoms with Crippen LogP contribution in [-0.2, 0) is 9.84 Å². The molecular weight excluding hydrogens is 234 g/mol. The fraction of sp³-hybridized carbons (Fsp3) is 1.00. The number of hydrogen-bond donors (Lipinski definition) is 1. The van der Waals surface area contributed by atoms with Crippen molar-refractivity contribution in [2.75, 3.05) is 6.54 Å². The fourth-order valence-corrected chi connectivity index (χ4v) is 5.23. The summed E-state index contributed by atoms with van der Waals surface area (Å²) in [6.07, 6.45) is 1.68. The van der Waals surface area contributed by atoms with E-state index in [1.54, 1.807) is 0 Å². The number of nitrogens with one attached hydrogen (secondary N) is 1. The van der Waals surface area contributed by atoms with Gasteiger partial charge >= 0.3 is 0 Å². The summed E-state index contributed by atoms with van der Waals surface area (Å²) in [5.41, 5.74) is 0. The van der Waals surface area contributed by atoms with Crippen LogP contribution in [0.25, 0.3) is 0 Å². The monoisotopic (exact) mass is 261 g/mol. The van der Waals surface area contributed by atoms with Gasteiger partial charge in [-0.05, 0) is 38.1 Å². The molecule has 1 N–H and O–H groups in total. The van der Waals surface area contributed by atoms with Gasteiger partial charge in [0.1, 0.15) is 0 Å². The Bertz CT molecular complexity index is 335. The van der Waals surface area contributed by atoms with Gasteiger partial charge in [-0.25, -0.2) is 8.42 Å². The van der Waals surface area contributed by atoms with E-state index < -0.39 is 9.84 Å². The smallest absolute Gasteiger partial charge is 0.157 e. The minimum atomic E-state index is -3.00. The van der Waals surface area contributed by atoms with Crippen molar-refractivity contribution in [3.05, 3.63) is 0 Å². The topological polar surface area (TPSA) is 46.2 Å². The zero-order valence-electron chi connectivity index (χ0n) is 11.7. The van der Waals surface area contributed by atoms with Crippen LogP contribution in [0, 0.1) is 11.8 Å². The van der Waals surface area contributed by atoms with Crippen molar-refractivity contribution < 1.29 is 8.42 Å². The molecule has 0 bridgehead atoms. The number of hydrogen-bond acceptors (Lipinski definition) is 3. The minimum absolute atomic E-state index is 0.116. The average molecular weight is 261 g/mol. The zero-order valence-corrected chi connectivity index (χ0v) is 12.5. The van der Waals surface area contributed by atoms with Crippen molar-refractivity contribution in [3.8, 4) is 0 Å². The summed E-state index contributed by atoms with van der Waals surface area (Å²) in [7, 11) is -3.00. The second-order valence-electron chi connectivity index (χ2n) is 6.09. The van der Waals surface area contributed by atoms with Crippen molar-refractivity contribution in [2.24, 2.45) is 11.8 Å². The average Bonchev–Trinajstić information content (AvgIpc) is 2.23. The van der Waals surface area contributed by atoms with Gasteiger partial charge in [0.2, 0.25) is 0 Å². The normalized spacial score (nSPS) is 33.9. The third-order valence-electron chi connectivity index (χ3n) is 3.68. The second-order valence-corrected chi connectivity index (χ2v) is 8.61. The van der Waals surface area contributed by atoms with E-state index in [9.17, 15) is 8.42 Å². The molecule has 3 atom stereocenters. The summed E-state index contributed by atoms with van der Waals surface area (Å²) in [5.74, 6) is 0.703. The van der Waals surface area contributed by atoms with E-state index in [-0.39, 0.29) is 22.5 Å². The Kier molecular flexibility index (Phi) is 5.02. The Morgan fingerprint density at radius 2 is 1.82 bits per heavy atom. The van der Waals surface area contributed by atoms with Crippen LogP contribution in [-0.4, -0.2) is 31.5 Å². The molecule has 0 saturated carbocycles. The van der Waals surface area contributed by atoms with E-state index in [0.717, 1.165) is 19.4 Å². The molecule has 3 nitrogen and oxygen atoms in total. The largest absolute Gasteiger partial charge is 0.313 e. The third kappa shape index (κ3) is 3.44. The van der Waals surface area contributed by atoms with E-state index in [1.165, 1.54) is 0 Å².